The highest BCUT2D eigenvalue weighted by Crippen LogP contribution is 2.44. The zero-order chi connectivity index (χ0) is 30.6. The van der Waals surface area contributed by atoms with Crippen molar-refractivity contribution in [3.8, 4) is 23.1 Å². The van der Waals surface area contributed by atoms with E-state index in [1.165, 1.54) is 12.3 Å². The van der Waals surface area contributed by atoms with Gasteiger partial charge in [-0.3, -0.25) is 0 Å². The van der Waals surface area contributed by atoms with Gasteiger partial charge in [0.15, 0.2) is 5.82 Å². The van der Waals surface area contributed by atoms with Crippen molar-refractivity contribution < 1.29 is 35.9 Å². The van der Waals surface area contributed by atoms with E-state index in [9.17, 15) is 17.6 Å². The van der Waals surface area contributed by atoms with Crippen LogP contribution in [0.2, 0.25) is 0 Å². The van der Waals surface area contributed by atoms with Crippen molar-refractivity contribution >= 4 is 22.4 Å². The second kappa shape index (κ2) is 12.7. The molecule has 42 heavy (non-hydrogen) atoms. The van der Waals surface area contributed by atoms with Crippen LogP contribution in [0.5, 0.6) is 11.9 Å². The van der Waals surface area contributed by atoms with Gasteiger partial charge in [0.1, 0.15) is 46.8 Å². The largest absolute Gasteiger partial charge is 0.474 e. The molecule has 15 heteroatoms. The second-order valence-corrected chi connectivity index (χ2v) is 9.16. The number of pyridine rings is 1. The standard InChI is InChI=1S/C25H24F5N7O3.C2H6/c1-11-3-5-32-6-7-33-22-16-21(35-24(36-22)38-10-13-4-8-39-37-13)19(27)20(34-23(16)40-11)14-9-15(31)18(26)12(2)17(14)25(28,29)30;1-2/h4,8-9,11,32H,3,5-7,10,31H2,1-2H3,(H,33,35,36);1-2H3. The summed E-state index contributed by atoms with van der Waals surface area (Å²) in [7, 11) is 0. The van der Waals surface area contributed by atoms with Crippen molar-refractivity contribution in [2.24, 2.45) is 0 Å². The Labute approximate surface area is 237 Å². The molecule has 5 rings (SSSR count). The number of benzene rings is 1. The molecule has 226 valence electrons. The van der Waals surface area contributed by atoms with Gasteiger partial charge in [0.2, 0.25) is 5.88 Å². The fourth-order valence-electron chi connectivity index (χ4n) is 4.35. The van der Waals surface area contributed by atoms with Crippen LogP contribution in [0.3, 0.4) is 0 Å². The molecule has 0 bridgehead atoms. The molecule has 4 aromatic rings. The van der Waals surface area contributed by atoms with Crippen LogP contribution in [-0.2, 0) is 12.8 Å². The summed E-state index contributed by atoms with van der Waals surface area (Å²) >= 11 is 0. The van der Waals surface area contributed by atoms with E-state index in [1.54, 1.807) is 6.92 Å². The fraction of sp³-hybridized carbons (Fsp3) is 0.407. The van der Waals surface area contributed by atoms with Gasteiger partial charge in [0, 0.05) is 24.7 Å². The summed E-state index contributed by atoms with van der Waals surface area (Å²) in [6.45, 7) is 7.98. The van der Waals surface area contributed by atoms with E-state index in [0.29, 0.717) is 37.8 Å². The number of nitrogens with two attached hydrogens (primary N) is 1. The highest BCUT2D eigenvalue weighted by Gasteiger charge is 2.39. The van der Waals surface area contributed by atoms with E-state index in [4.69, 9.17) is 19.7 Å². The van der Waals surface area contributed by atoms with Gasteiger partial charge < -0.3 is 30.4 Å². The first-order chi connectivity index (χ1) is 20.0. The Kier molecular flexibility index (Phi) is 9.29. The molecular weight excluding hydrogens is 565 g/mol. The van der Waals surface area contributed by atoms with Crippen molar-refractivity contribution in [1.29, 1.82) is 0 Å². The topological polar surface area (TPSA) is 133 Å². The molecule has 0 saturated carbocycles. The van der Waals surface area contributed by atoms with Crippen molar-refractivity contribution in [3.05, 3.63) is 46.9 Å². The van der Waals surface area contributed by atoms with E-state index in [0.717, 1.165) is 6.92 Å². The molecular formula is C27H30F5N7O3. The lowest BCUT2D eigenvalue weighted by atomic mass is 9.96. The first-order valence-electron chi connectivity index (χ1n) is 13.2. The zero-order valence-corrected chi connectivity index (χ0v) is 23.3. The van der Waals surface area contributed by atoms with E-state index in [2.05, 4.69) is 30.7 Å². The van der Waals surface area contributed by atoms with E-state index >= 15 is 4.39 Å². The maximum absolute atomic E-state index is 16.3. The van der Waals surface area contributed by atoms with E-state index in [-0.39, 0.29) is 29.7 Å². The Bertz CT molecular complexity index is 1550. The maximum atomic E-state index is 16.3. The van der Waals surface area contributed by atoms with Gasteiger partial charge in [0.25, 0.3) is 0 Å². The van der Waals surface area contributed by atoms with Crippen LogP contribution in [0.4, 0.5) is 33.5 Å². The summed E-state index contributed by atoms with van der Waals surface area (Å²) in [6.07, 6.45) is -3.68. The molecule has 0 amide bonds. The first-order valence-corrected chi connectivity index (χ1v) is 13.2. The van der Waals surface area contributed by atoms with E-state index < -0.39 is 57.5 Å². The summed E-state index contributed by atoms with van der Waals surface area (Å²) in [6, 6.07) is 1.95. The number of anilines is 2. The van der Waals surface area contributed by atoms with Gasteiger partial charge in [-0.15, -0.1) is 0 Å². The van der Waals surface area contributed by atoms with Gasteiger partial charge >= 0.3 is 12.2 Å². The van der Waals surface area contributed by atoms with Gasteiger partial charge in [-0.05, 0) is 38.4 Å². The first kappa shape index (κ1) is 30.7. The highest BCUT2D eigenvalue weighted by atomic mass is 19.4. The molecule has 0 aliphatic carbocycles. The number of rotatable bonds is 4. The number of nitrogens with zero attached hydrogens (tertiary/aromatic N) is 4. The van der Waals surface area contributed by atoms with Gasteiger partial charge in [-0.2, -0.15) is 23.1 Å². The van der Waals surface area contributed by atoms with Crippen LogP contribution in [0.1, 0.15) is 44.0 Å². The van der Waals surface area contributed by atoms with Crippen molar-refractivity contribution in [3.63, 3.8) is 0 Å². The average molecular weight is 596 g/mol. The van der Waals surface area contributed by atoms with E-state index in [1.807, 2.05) is 13.8 Å². The number of hydrogen-bond acceptors (Lipinski definition) is 10. The van der Waals surface area contributed by atoms with Crippen LogP contribution in [-0.4, -0.2) is 45.8 Å². The minimum absolute atomic E-state index is 0.00384. The van der Waals surface area contributed by atoms with Crippen LogP contribution in [0.25, 0.3) is 22.2 Å². The third-order valence-corrected chi connectivity index (χ3v) is 6.27. The predicted octanol–water partition coefficient (Wildman–Crippen LogP) is 5.65. The second-order valence-electron chi connectivity index (χ2n) is 9.16. The summed E-state index contributed by atoms with van der Waals surface area (Å²) < 4.78 is 89.6. The lowest BCUT2D eigenvalue weighted by molar-refractivity contribution is -0.137. The third kappa shape index (κ3) is 6.30. The minimum Gasteiger partial charge on any atom is -0.474 e. The Balaban J connectivity index is 0.00000198. The number of halogens is 5. The van der Waals surface area contributed by atoms with Crippen molar-refractivity contribution in [1.82, 2.24) is 25.4 Å². The Hall–Kier alpha value is -4.27. The third-order valence-electron chi connectivity index (χ3n) is 6.27. The molecule has 0 spiro atoms. The molecule has 1 aliphatic heterocycles. The lowest BCUT2D eigenvalue weighted by Gasteiger charge is -2.21. The lowest BCUT2D eigenvalue weighted by Crippen LogP contribution is -2.26. The smallest absolute Gasteiger partial charge is 0.417 e. The van der Waals surface area contributed by atoms with Crippen LogP contribution in [0, 0.1) is 18.6 Å². The number of hydrogen-bond donors (Lipinski definition) is 3. The molecule has 0 saturated heterocycles. The van der Waals surface area contributed by atoms with Crippen molar-refractivity contribution in [2.75, 3.05) is 30.7 Å². The molecule has 4 N–H and O–H groups in total. The number of aromatic nitrogens is 4. The van der Waals surface area contributed by atoms with Gasteiger partial charge in [0.05, 0.1) is 17.4 Å². The van der Waals surface area contributed by atoms with Gasteiger partial charge in [-0.25, -0.2) is 13.8 Å². The fourth-order valence-corrected chi connectivity index (χ4v) is 4.35. The molecule has 0 radical (unpaired) electrons. The quantitative estimate of drug-likeness (QED) is 0.201. The molecule has 1 unspecified atom stereocenters. The minimum atomic E-state index is -5.06. The molecule has 1 aliphatic rings. The monoisotopic (exact) mass is 595 g/mol. The normalized spacial score (nSPS) is 15.6. The van der Waals surface area contributed by atoms with Crippen LogP contribution >= 0.6 is 0 Å². The number of nitrogen functional groups attached to an aromatic ring is 1. The van der Waals surface area contributed by atoms with Crippen LogP contribution in [0.15, 0.2) is 22.9 Å². The summed E-state index contributed by atoms with van der Waals surface area (Å²) in [5.41, 5.74) is 1.32. The zero-order valence-electron chi connectivity index (χ0n) is 23.3. The molecule has 4 heterocycles. The number of nitrogens with one attached hydrogen (secondary N) is 2. The summed E-state index contributed by atoms with van der Waals surface area (Å²) in [5.74, 6) is -2.60. The summed E-state index contributed by atoms with van der Waals surface area (Å²) in [5, 5.41) is 10.0. The molecule has 1 aromatic carbocycles. The maximum Gasteiger partial charge on any atom is 0.417 e. The number of ether oxygens (including phenoxy) is 2. The Morgan fingerprint density at radius 1 is 1.10 bits per heavy atom. The molecule has 3 aromatic heterocycles. The summed E-state index contributed by atoms with van der Waals surface area (Å²) in [4.78, 5) is 12.7. The Morgan fingerprint density at radius 3 is 2.55 bits per heavy atom. The average Bonchev–Trinajstić information content (AvgIpc) is 3.46. The van der Waals surface area contributed by atoms with Gasteiger partial charge in [-0.1, -0.05) is 19.0 Å². The van der Waals surface area contributed by atoms with Crippen molar-refractivity contribution in [2.45, 2.75) is 53.0 Å². The molecule has 1 atom stereocenters. The SMILES string of the molecule is CC.Cc1c(F)c(N)cc(-c2nc3c4c(nc(OCc5ccon5)nc4c2F)NCCNCCC(C)O3)c1C(F)(F)F. The predicted molar refractivity (Wildman–Crippen MR) is 145 cm³/mol. The Morgan fingerprint density at radius 2 is 1.86 bits per heavy atom. The van der Waals surface area contributed by atoms with Crippen LogP contribution < -0.4 is 25.8 Å². The molecule has 10 nitrogen and oxygen atoms in total. The highest BCUT2D eigenvalue weighted by molar-refractivity contribution is 5.96. The molecule has 0 fully saturated rings. The number of alkyl halides is 3.